The molecule has 0 saturated heterocycles. The molecule has 3 aromatic rings. The number of benzene rings is 2. The van der Waals surface area contributed by atoms with Crippen LogP contribution in [0.3, 0.4) is 0 Å². The summed E-state index contributed by atoms with van der Waals surface area (Å²) in [5.74, 6) is -1.01. The summed E-state index contributed by atoms with van der Waals surface area (Å²) >= 11 is 0. The fraction of sp³-hybridized carbons (Fsp3) is 0.130. The van der Waals surface area contributed by atoms with Gasteiger partial charge in [-0.15, -0.1) is 0 Å². The third-order valence-electron chi connectivity index (χ3n) is 4.90. The number of nitrogens with zero attached hydrogens (tertiary/aromatic N) is 2. The first kappa shape index (κ1) is 20.9. The van der Waals surface area contributed by atoms with Crippen LogP contribution in [-0.2, 0) is 0 Å². The Bertz CT molecular complexity index is 1200. The number of carbonyl (C=O) groups excluding carboxylic acids is 2. The predicted octanol–water partition coefficient (Wildman–Crippen LogP) is 3.77. The normalized spacial score (nSPS) is 12.3. The summed E-state index contributed by atoms with van der Waals surface area (Å²) in [6.07, 6.45) is 0. The van der Waals surface area contributed by atoms with E-state index in [1.807, 2.05) is 18.2 Å². The van der Waals surface area contributed by atoms with Gasteiger partial charge in [-0.05, 0) is 48.9 Å². The first-order valence-electron chi connectivity index (χ1n) is 9.85. The van der Waals surface area contributed by atoms with Gasteiger partial charge in [0.1, 0.15) is 12.3 Å². The number of hydrogen-bond donors (Lipinski definition) is 3. The van der Waals surface area contributed by atoms with Crippen LogP contribution in [0.1, 0.15) is 26.4 Å². The number of aromatic carboxylic acids is 1. The van der Waals surface area contributed by atoms with E-state index in [0.29, 0.717) is 29.3 Å². The molecule has 2 aromatic carbocycles. The maximum absolute atomic E-state index is 12.8. The Morgan fingerprint density at radius 2 is 1.81 bits per heavy atom. The Balaban J connectivity index is 1.58. The number of pyridine rings is 1. The summed E-state index contributed by atoms with van der Waals surface area (Å²) in [5, 5.41) is 14.7. The van der Waals surface area contributed by atoms with Gasteiger partial charge in [0.15, 0.2) is 11.6 Å². The number of aryl methyl sites for hydroxylation is 1. The topological polar surface area (TPSA) is 121 Å². The van der Waals surface area contributed by atoms with E-state index in [2.05, 4.69) is 15.6 Å². The number of nitrogens with one attached hydrogen (secondary N) is 2. The molecule has 4 rings (SSSR count). The number of fused-ring (bicyclic) bond motifs is 1. The van der Waals surface area contributed by atoms with Crippen molar-refractivity contribution in [1.29, 1.82) is 0 Å². The summed E-state index contributed by atoms with van der Waals surface area (Å²) in [7, 11) is 0. The van der Waals surface area contributed by atoms with Crippen molar-refractivity contribution < 1.29 is 24.2 Å². The molecule has 0 unspecified atom stereocenters. The van der Waals surface area contributed by atoms with Crippen LogP contribution in [0, 0.1) is 6.92 Å². The first-order chi connectivity index (χ1) is 15.4. The number of hydrogen-bond acceptors (Lipinski definition) is 5. The number of anilines is 3. The van der Waals surface area contributed by atoms with E-state index in [1.54, 1.807) is 31.2 Å². The van der Waals surface area contributed by atoms with E-state index >= 15 is 0 Å². The molecule has 0 aliphatic carbocycles. The Hall–Kier alpha value is -4.40. The zero-order valence-electron chi connectivity index (χ0n) is 17.2. The maximum atomic E-state index is 12.8. The van der Waals surface area contributed by atoms with E-state index < -0.39 is 17.9 Å². The standard InChI is InChI=1S/C23H20N4O5/c1-14-7-8-15(22(29)30)13-18(14)26-21(28)17-9-10-19-20(25-17)27(11-12-32-19)23(31)24-16-5-3-2-4-6-16/h2-10,13H,11-12H2,1H3,(H,24,31)(H,26,28)(H,29,30). The number of urea groups is 1. The van der Waals surface area contributed by atoms with Gasteiger partial charge in [-0.2, -0.15) is 0 Å². The van der Waals surface area contributed by atoms with Crippen LogP contribution >= 0.6 is 0 Å². The lowest BCUT2D eigenvalue weighted by Gasteiger charge is -2.28. The van der Waals surface area contributed by atoms with Gasteiger partial charge >= 0.3 is 12.0 Å². The summed E-state index contributed by atoms with van der Waals surface area (Å²) in [6, 6.07) is 16.1. The quantitative estimate of drug-likeness (QED) is 0.577. The monoisotopic (exact) mass is 432 g/mol. The fourth-order valence-corrected chi connectivity index (χ4v) is 3.21. The Morgan fingerprint density at radius 3 is 2.56 bits per heavy atom. The zero-order valence-corrected chi connectivity index (χ0v) is 17.2. The minimum absolute atomic E-state index is 0.0569. The smallest absolute Gasteiger partial charge is 0.335 e. The van der Waals surface area contributed by atoms with Gasteiger partial charge in [0.25, 0.3) is 5.91 Å². The third-order valence-corrected chi connectivity index (χ3v) is 4.90. The van der Waals surface area contributed by atoms with Crippen molar-refractivity contribution >= 4 is 35.1 Å². The van der Waals surface area contributed by atoms with Crippen LogP contribution < -0.4 is 20.3 Å². The molecule has 9 nitrogen and oxygen atoms in total. The molecule has 162 valence electrons. The number of ether oxygens (including phenoxy) is 1. The van der Waals surface area contributed by atoms with Gasteiger partial charge < -0.3 is 20.5 Å². The van der Waals surface area contributed by atoms with Gasteiger partial charge in [-0.1, -0.05) is 24.3 Å². The van der Waals surface area contributed by atoms with E-state index in [9.17, 15) is 19.5 Å². The highest BCUT2D eigenvalue weighted by molar-refractivity contribution is 6.06. The molecular weight excluding hydrogens is 412 g/mol. The summed E-state index contributed by atoms with van der Waals surface area (Å²) in [4.78, 5) is 42.6. The highest BCUT2D eigenvalue weighted by Gasteiger charge is 2.27. The number of amides is 3. The Morgan fingerprint density at radius 1 is 1.03 bits per heavy atom. The minimum Gasteiger partial charge on any atom is -0.488 e. The maximum Gasteiger partial charge on any atom is 0.335 e. The summed E-state index contributed by atoms with van der Waals surface area (Å²) in [5.41, 5.74) is 1.82. The predicted molar refractivity (Wildman–Crippen MR) is 119 cm³/mol. The third kappa shape index (κ3) is 4.36. The Kier molecular flexibility index (Phi) is 5.71. The van der Waals surface area contributed by atoms with Gasteiger partial charge in [0.2, 0.25) is 0 Å². The van der Waals surface area contributed by atoms with Crippen molar-refractivity contribution in [2.45, 2.75) is 6.92 Å². The van der Waals surface area contributed by atoms with Crippen LogP contribution in [0.25, 0.3) is 0 Å². The lowest BCUT2D eigenvalue weighted by molar-refractivity contribution is 0.0696. The highest BCUT2D eigenvalue weighted by Crippen LogP contribution is 2.30. The SMILES string of the molecule is Cc1ccc(C(=O)O)cc1NC(=O)c1ccc2c(n1)N(C(=O)Nc1ccccc1)CCO2. The zero-order chi connectivity index (χ0) is 22.7. The van der Waals surface area contributed by atoms with E-state index in [1.165, 1.54) is 23.1 Å². The number of aromatic nitrogens is 1. The molecule has 0 saturated carbocycles. The van der Waals surface area contributed by atoms with Crippen LogP contribution in [0.4, 0.5) is 22.0 Å². The molecular formula is C23H20N4O5. The Labute approximate surface area is 183 Å². The molecule has 0 atom stereocenters. The molecule has 32 heavy (non-hydrogen) atoms. The van der Waals surface area contributed by atoms with Crippen LogP contribution in [0.2, 0.25) is 0 Å². The second-order valence-electron chi connectivity index (χ2n) is 7.10. The summed E-state index contributed by atoms with van der Waals surface area (Å²) < 4.78 is 5.59. The lowest BCUT2D eigenvalue weighted by atomic mass is 10.1. The second-order valence-corrected chi connectivity index (χ2v) is 7.10. The first-order valence-corrected chi connectivity index (χ1v) is 9.85. The van der Waals surface area contributed by atoms with Crippen molar-refractivity contribution in [3.8, 4) is 5.75 Å². The van der Waals surface area contributed by atoms with E-state index in [-0.39, 0.29) is 23.6 Å². The van der Waals surface area contributed by atoms with Crippen LogP contribution in [0.5, 0.6) is 5.75 Å². The molecule has 2 heterocycles. The molecule has 1 aromatic heterocycles. The minimum atomic E-state index is -1.09. The average Bonchev–Trinajstić information content (AvgIpc) is 2.80. The molecule has 0 spiro atoms. The number of carbonyl (C=O) groups is 3. The van der Waals surface area contributed by atoms with Gasteiger partial charge in [0, 0.05) is 11.4 Å². The second kappa shape index (κ2) is 8.76. The van der Waals surface area contributed by atoms with Crippen molar-refractivity contribution in [2.75, 3.05) is 28.7 Å². The van der Waals surface area contributed by atoms with Gasteiger partial charge in [0.05, 0.1) is 12.1 Å². The molecule has 0 bridgehead atoms. The number of para-hydroxylation sites is 1. The molecule has 0 fully saturated rings. The fourth-order valence-electron chi connectivity index (χ4n) is 3.21. The number of carboxylic acids is 1. The molecule has 3 amide bonds. The largest absolute Gasteiger partial charge is 0.488 e. The molecule has 1 aliphatic rings. The van der Waals surface area contributed by atoms with Crippen molar-refractivity contribution in [1.82, 2.24) is 4.98 Å². The van der Waals surface area contributed by atoms with Gasteiger partial charge in [-0.3, -0.25) is 9.69 Å². The van der Waals surface area contributed by atoms with Crippen LogP contribution in [-0.4, -0.2) is 41.1 Å². The highest BCUT2D eigenvalue weighted by atomic mass is 16.5. The van der Waals surface area contributed by atoms with Crippen molar-refractivity contribution in [3.05, 3.63) is 77.5 Å². The average molecular weight is 432 g/mol. The molecule has 1 aliphatic heterocycles. The van der Waals surface area contributed by atoms with E-state index in [4.69, 9.17) is 4.74 Å². The van der Waals surface area contributed by atoms with Gasteiger partial charge in [-0.25, -0.2) is 14.6 Å². The molecule has 9 heteroatoms. The lowest BCUT2D eigenvalue weighted by Crippen LogP contribution is -2.41. The van der Waals surface area contributed by atoms with Crippen molar-refractivity contribution in [2.24, 2.45) is 0 Å². The number of rotatable bonds is 4. The molecule has 0 radical (unpaired) electrons. The van der Waals surface area contributed by atoms with Crippen LogP contribution in [0.15, 0.2) is 60.7 Å². The summed E-state index contributed by atoms with van der Waals surface area (Å²) in [6.45, 7) is 2.32. The molecule has 3 N–H and O–H groups in total. The number of carboxylic acid groups (broad SMARTS) is 1. The van der Waals surface area contributed by atoms with E-state index in [0.717, 1.165) is 0 Å². The van der Waals surface area contributed by atoms with Crippen molar-refractivity contribution in [3.63, 3.8) is 0 Å².